The maximum absolute atomic E-state index is 12.1. The number of ether oxygens (including phenoxy) is 1. The molecule has 0 spiro atoms. The van der Waals surface area contributed by atoms with Crippen molar-refractivity contribution in [1.82, 2.24) is 5.32 Å². The lowest BCUT2D eigenvalue weighted by Crippen LogP contribution is -2.42. The van der Waals surface area contributed by atoms with Gasteiger partial charge in [-0.2, -0.15) is 0 Å². The molecule has 1 aliphatic rings. The number of anilines is 1. The molecule has 0 saturated carbocycles. The van der Waals surface area contributed by atoms with Crippen LogP contribution < -0.4 is 9.62 Å². The molecule has 1 fully saturated rings. The van der Waals surface area contributed by atoms with Gasteiger partial charge in [-0.15, -0.1) is 0 Å². The molecule has 0 bridgehead atoms. The fourth-order valence-electron chi connectivity index (χ4n) is 2.69. The molecule has 2 rings (SSSR count). The quantitative estimate of drug-likeness (QED) is 0.848. The molecule has 1 aromatic rings. The van der Waals surface area contributed by atoms with E-state index in [0.29, 0.717) is 12.2 Å². The van der Waals surface area contributed by atoms with Crippen molar-refractivity contribution in [2.24, 2.45) is 0 Å². The largest absolute Gasteiger partial charge is 0.376 e. The van der Waals surface area contributed by atoms with Crippen molar-refractivity contribution < 1.29 is 17.9 Å². The van der Waals surface area contributed by atoms with E-state index in [9.17, 15) is 13.2 Å². The van der Waals surface area contributed by atoms with Crippen molar-refractivity contribution in [3.8, 4) is 0 Å². The van der Waals surface area contributed by atoms with E-state index in [2.05, 4.69) is 5.32 Å². The number of nitrogens with one attached hydrogen (secondary N) is 1. The highest BCUT2D eigenvalue weighted by Crippen LogP contribution is 2.23. The van der Waals surface area contributed by atoms with Crippen LogP contribution in [0, 0.1) is 13.8 Å². The van der Waals surface area contributed by atoms with Gasteiger partial charge in [0.1, 0.15) is 6.54 Å². The third kappa shape index (κ3) is 4.94. The van der Waals surface area contributed by atoms with E-state index in [1.165, 1.54) is 0 Å². The Labute approximate surface area is 137 Å². The molecule has 0 aliphatic carbocycles. The first kappa shape index (κ1) is 17.7. The third-order valence-corrected chi connectivity index (χ3v) is 4.99. The monoisotopic (exact) mass is 340 g/mol. The van der Waals surface area contributed by atoms with Gasteiger partial charge in [-0.1, -0.05) is 17.7 Å². The number of amides is 1. The highest BCUT2D eigenvalue weighted by Gasteiger charge is 2.23. The first-order valence-electron chi connectivity index (χ1n) is 7.70. The molecule has 0 unspecified atom stereocenters. The van der Waals surface area contributed by atoms with Gasteiger partial charge >= 0.3 is 0 Å². The standard InChI is InChI=1S/C16H24N2O4S/c1-12-6-7-15(13(2)9-12)18(23(3,20)21)11-16(19)17-10-14-5-4-8-22-14/h6-7,9,14H,4-5,8,10-11H2,1-3H3,(H,17,19)/t14-/m1/s1. The highest BCUT2D eigenvalue weighted by atomic mass is 32.2. The summed E-state index contributed by atoms with van der Waals surface area (Å²) in [5.41, 5.74) is 2.40. The van der Waals surface area contributed by atoms with Crippen molar-refractivity contribution in [2.45, 2.75) is 32.8 Å². The van der Waals surface area contributed by atoms with Crippen LogP contribution in [0.3, 0.4) is 0 Å². The summed E-state index contributed by atoms with van der Waals surface area (Å²) < 4.78 is 30.8. The molecule has 1 aliphatic heterocycles. The summed E-state index contributed by atoms with van der Waals surface area (Å²) in [5.74, 6) is -0.328. The summed E-state index contributed by atoms with van der Waals surface area (Å²) in [6, 6.07) is 5.47. The smallest absolute Gasteiger partial charge is 0.240 e. The van der Waals surface area contributed by atoms with Crippen LogP contribution in [0.4, 0.5) is 5.69 Å². The van der Waals surface area contributed by atoms with Crippen molar-refractivity contribution in [3.63, 3.8) is 0 Å². The topological polar surface area (TPSA) is 75.7 Å². The minimum atomic E-state index is -3.54. The number of carbonyl (C=O) groups is 1. The van der Waals surface area contributed by atoms with Crippen LogP contribution in [0.15, 0.2) is 18.2 Å². The Hall–Kier alpha value is -1.60. The van der Waals surface area contributed by atoms with Crippen LogP contribution in [0.2, 0.25) is 0 Å². The number of rotatable bonds is 6. The Morgan fingerprint density at radius 3 is 2.70 bits per heavy atom. The average Bonchev–Trinajstić information content (AvgIpc) is 2.95. The van der Waals surface area contributed by atoms with Gasteiger partial charge in [0.2, 0.25) is 15.9 Å². The summed E-state index contributed by atoms with van der Waals surface area (Å²) in [6.07, 6.45) is 3.07. The lowest BCUT2D eigenvalue weighted by atomic mass is 10.1. The zero-order chi connectivity index (χ0) is 17.0. The zero-order valence-corrected chi connectivity index (χ0v) is 14.6. The summed E-state index contributed by atoms with van der Waals surface area (Å²) in [6.45, 7) is 4.69. The third-order valence-electron chi connectivity index (χ3n) is 3.86. The zero-order valence-electron chi connectivity index (χ0n) is 13.8. The van der Waals surface area contributed by atoms with Crippen LogP contribution in [0.5, 0.6) is 0 Å². The molecule has 1 saturated heterocycles. The second-order valence-corrected chi connectivity index (χ2v) is 7.91. The second kappa shape index (κ2) is 7.31. The fourth-order valence-corrected chi connectivity index (χ4v) is 3.60. The lowest BCUT2D eigenvalue weighted by molar-refractivity contribution is -0.120. The van der Waals surface area contributed by atoms with Gasteiger partial charge in [0.15, 0.2) is 0 Å². The average molecular weight is 340 g/mol. The maximum atomic E-state index is 12.1. The summed E-state index contributed by atoms with van der Waals surface area (Å²) >= 11 is 0. The van der Waals surface area contributed by atoms with Gasteiger partial charge in [0.05, 0.1) is 18.0 Å². The van der Waals surface area contributed by atoms with Gasteiger partial charge in [0, 0.05) is 13.2 Å². The van der Waals surface area contributed by atoms with Crippen molar-refractivity contribution in [1.29, 1.82) is 0 Å². The molecule has 23 heavy (non-hydrogen) atoms. The Morgan fingerprint density at radius 1 is 1.39 bits per heavy atom. The molecule has 1 aromatic carbocycles. The van der Waals surface area contributed by atoms with Crippen molar-refractivity contribution in [3.05, 3.63) is 29.3 Å². The molecule has 1 atom stereocenters. The predicted octanol–water partition coefficient (Wildman–Crippen LogP) is 1.36. The number of carbonyl (C=O) groups excluding carboxylic acids is 1. The number of hydrogen-bond donors (Lipinski definition) is 1. The Bertz CT molecular complexity index is 667. The summed E-state index contributed by atoms with van der Waals surface area (Å²) in [5, 5.41) is 2.76. The SMILES string of the molecule is Cc1ccc(N(CC(=O)NC[C@H]2CCCO2)S(C)(=O)=O)c(C)c1. The normalized spacial score (nSPS) is 18.0. The minimum absolute atomic E-state index is 0.0340. The van der Waals surface area contributed by atoms with Crippen LogP contribution in [0.1, 0.15) is 24.0 Å². The molecule has 1 amide bonds. The first-order chi connectivity index (χ1) is 10.8. The van der Waals surface area contributed by atoms with Gasteiger partial charge in [-0.3, -0.25) is 9.10 Å². The van der Waals surface area contributed by atoms with E-state index >= 15 is 0 Å². The van der Waals surface area contributed by atoms with E-state index in [4.69, 9.17) is 4.74 Å². The number of sulfonamides is 1. The Morgan fingerprint density at radius 2 is 2.13 bits per heavy atom. The van der Waals surface area contributed by atoms with E-state index in [-0.39, 0.29) is 18.6 Å². The molecular weight excluding hydrogens is 316 g/mol. The van der Waals surface area contributed by atoms with E-state index in [1.807, 2.05) is 26.0 Å². The van der Waals surface area contributed by atoms with Crippen molar-refractivity contribution >= 4 is 21.6 Å². The van der Waals surface area contributed by atoms with Crippen LogP contribution in [0.25, 0.3) is 0 Å². The van der Waals surface area contributed by atoms with Gasteiger partial charge in [-0.05, 0) is 38.3 Å². The summed E-state index contributed by atoms with van der Waals surface area (Å²) in [4.78, 5) is 12.1. The van der Waals surface area contributed by atoms with E-state index in [0.717, 1.165) is 41.1 Å². The number of hydrogen-bond acceptors (Lipinski definition) is 4. The Balaban J connectivity index is 2.08. The number of aryl methyl sites for hydroxylation is 2. The molecular formula is C16H24N2O4S. The van der Waals surface area contributed by atoms with E-state index in [1.54, 1.807) is 6.07 Å². The van der Waals surface area contributed by atoms with Gasteiger partial charge < -0.3 is 10.1 Å². The minimum Gasteiger partial charge on any atom is -0.376 e. The molecule has 1 heterocycles. The Kier molecular flexibility index (Phi) is 5.64. The molecule has 0 aromatic heterocycles. The number of benzene rings is 1. The fraction of sp³-hybridized carbons (Fsp3) is 0.562. The number of nitrogens with zero attached hydrogens (tertiary/aromatic N) is 1. The van der Waals surface area contributed by atoms with Crippen LogP contribution in [-0.2, 0) is 19.6 Å². The van der Waals surface area contributed by atoms with Crippen LogP contribution in [-0.4, -0.2) is 46.4 Å². The highest BCUT2D eigenvalue weighted by molar-refractivity contribution is 7.92. The van der Waals surface area contributed by atoms with Gasteiger partial charge in [-0.25, -0.2) is 8.42 Å². The van der Waals surface area contributed by atoms with Crippen LogP contribution >= 0.6 is 0 Å². The maximum Gasteiger partial charge on any atom is 0.240 e. The predicted molar refractivity (Wildman–Crippen MR) is 90.1 cm³/mol. The molecule has 7 heteroatoms. The molecule has 0 radical (unpaired) electrons. The van der Waals surface area contributed by atoms with E-state index < -0.39 is 10.0 Å². The molecule has 6 nitrogen and oxygen atoms in total. The molecule has 1 N–H and O–H groups in total. The first-order valence-corrected chi connectivity index (χ1v) is 9.55. The second-order valence-electron chi connectivity index (χ2n) is 6.00. The van der Waals surface area contributed by atoms with Crippen molar-refractivity contribution in [2.75, 3.05) is 30.3 Å². The lowest BCUT2D eigenvalue weighted by Gasteiger charge is -2.24. The molecule has 128 valence electrons. The summed E-state index contributed by atoms with van der Waals surface area (Å²) in [7, 11) is -3.54. The van der Waals surface area contributed by atoms with Gasteiger partial charge in [0.25, 0.3) is 0 Å².